The number of carbonyl (C=O) groups is 1. The third-order valence-electron chi connectivity index (χ3n) is 4.76. The zero-order chi connectivity index (χ0) is 20.5. The predicted molar refractivity (Wildman–Crippen MR) is 106 cm³/mol. The van der Waals surface area contributed by atoms with E-state index in [4.69, 9.17) is 0 Å². The molecule has 1 aliphatic heterocycles. The monoisotopic (exact) mass is 406 g/mol. The zero-order valence-corrected chi connectivity index (χ0v) is 17.4. The van der Waals surface area contributed by atoms with Crippen molar-refractivity contribution < 1.29 is 13.2 Å². The van der Waals surface area contributed by atoms with Gasteiger partial charge in [-0.3, -0.25) is 4.79 Å². The van der Waals surface area contributed by atoms with Crippen molar-refractivity contribution in [3.8, 4) is 5.82 Å². The van der Waals surface area contributed by atoms with Crippen LogP contribution in [0.3, 0.4) is 0 Å². The Morgan fingerprint density at radius 2 is 1.82 bits per heavy atom. The van der Waals surface area contributed by atoms with Crippen molar-refractivity contribution in [3.63, 3.8) is 0 Å². The lowest BCUT2D eigenvalue weighted by Gasteiger charge is -2.35. The van der Waals surface area contributed by atoms with Gasteiger partial charge in [0.2, 0.25) is 0 Å². The lowest BCUT2D eigenvalue weighted by atomic mass is 10.0. The van der Waals surface area contributed by atoms with Gasteiger partial charge in [0, 0.05) is 46.5 Å². The molecular formula is C18H26N6O3S. The first-order valence-corrected chi connectivity index (χ1v) is 10.6. The zero-order valence-electron chi connectivity index (χ0n) is 16.6. The average Bonchev–Trinajstić information content (AvgIpc) is 3.13. The van der Waals surface area contributed by atoms with Gasteiger partial charge in [0.25, 0.3) is 16.1 Å². The topological polar surface area (TPSA) is 91.6 Å². The van der Waals surface area contributed by atoms with Crippen molar-refractivity contribution in [2.45, 2.75) is 19.8 Å². The highest BCUT2D eigenvalue weighted by molar-refractivity contribution is 7.86. The highest BCUT2D eigenvalue weighted by Crippen LogP contribution is 2.24. The Morgan fingerprint density at radius 3 is 2.36 bits per heavy atom. The number of nitrogens with zero attached hydrogens (tertiary/aromatic N) is 6. The highest BCUT2D eigenvalue weighted by Gasteiger charge is 2.32. The average molecular weight is 407 g/mol. The Morgan fingerprint density at radius 1 is 1.14 bits per heavy atom. The van der Waals surface area contributed by atoms with Crippen molar-refractivity contribution in [3.05, 3.63) is 41.9 Å². The molecule has 0 N–H and O–H groups in total. The van der Waals surface area contributed by atoms with Crippen LogP contribution in [0.2, 0.25) is 0 Å². The van der Waals surface area contributed by atoms with Crippen molar-refractivity contribution >= 4 is 16.1 Å². The summed E-state index contributed by atoms with van der Waals surface area (Å²) in [4.78, 5) is 19.1. The number of amides is 1. The van der Waals surface area contributed by atoms with E-state index in [0.717, 1.165) is 5.69 Å². The molecule has 9 nitrogen and oxygen atoms in total. The molecule has 1 saturated heterocycles. The van der Waals surface area contributed by atoms with Crippen molar-refractivity contribution in [2.24, 2.45) is 0 Å². The normalized spacial score (nSPS) is 16.1. The molecule has 1 fully saturated rings. The van der Waals surface area contributed by atoms with E-state index in [2.05, 4.69) is 10.1 Å². The first-order valence-electron chi connectivity index (χ1n) is 9.19. The molecule has 1 amide bonds. The van der Waals surface area contributed by atoms with Gasteiger partial charge < -0.3 is 4.90 Å². The van der Waals surface area contributed by atoms with Gasteiger partial charge in [-0.1, -0.05) is 19.9 Å². The van der Waals surface area contributed by atoms with Crippen LogP contribution >= 0.6 is 0 Å². The summed E-state index contributed by atoms with van der Waals surface area (Å²) in [5, 5.41) is 4.39. The van der Waals surface area contributed by atoms with Gasteiger partial charge in [-0.15, -0.1) is 0 Å². The van der Waals surface area contributed by atoms with Crippen LogP contribution in [0, 0.1) is 0 Å². The number of hydrogen-bond acceptors (Lipinski definition) is 5. The summed E-state index contributed by atoms with van der Waals surface area (Å²) >= 11 is 0. The van der Waals surface area contributed by atoms with Crippen LogP contribution in [-0.4, -0.2) is 82.9 Å². The largest absolute Gasteiger partial charge is 0.336 e. The molecule has 0 aliphatic carbocycles. The van der Waals surface area contributed by atoms with E-state index >= 15 is 0 Å². The van der Waals surface area contributed by atoms with E-state index in [1.54, 1.807) is 22.0 Å². The van der Waals surface area contributed by atoms with Crippen LogP contribution in [0.4, 0.5) is 0 Å². The second-order valence-electron chi connectivity index (χ2n) is 7.18. The van der Waals surface area contributed by atoms with Gasteiger partial charge in [-0.2, -0.15) is 22.1 Å². The Labute approximate surface area is 165 Å². The van der Waals surface area contributed by atoms with Gasteiger partial charge >= 0.3 is 0 Å². The van der Waals surface area contributed by atoms with E-state index in [1.807, 2.05) is 32.0 Å². The Kier molecular flexibility index (Phi) is 5.82. The molecular weight excluding hydrogens is 380 g/mol. The van der Waals surface area contributed by atoms with E-state index in [0.29, 0.717) is 24.5 Å². The number of aromatic nitrogens is 3. The fourth-order valence-electron chi connectivity index (χ4n) is 3.26. The maximum atomic E-state index is 13.1. The van der Waals surface area contributed by atoms with Crippen LogP contribution < -0.4 is 0 Å². The summed E-state index contributed by atoms with van der Waals surface area (Å²) in [7, 11) is -0.448. The van der Waals surface area contributed by atoms with Gasteiger partial charge in [-0.05, 0) is 18.1 Å². The van der Waals surface area contributed by atoms with Crippen LogP contribution in [0.1, 0.15) is 35.8 Å². The number of pyridine rings is 1. The summed E-state index contributed by atoms with van der Waals surface area (Å²) in [5.74, 6) is 0.596. The van der Waals surface area contributed by atoms with E-state index in [1.165, 1.54) is 22.7 Å². The van der Waals surface area contributed by atoms with Crippen molar-refractivity contribution in [1.82, 2.24) is 28.3 Å². The molecule has 28 heavy (non-hydrogen) atoms. The maximum Gasteiger partial charge on any atom is 0.281 e. The summed E-state index contributed by atoms with van der Waals surface area (Å²) in [6, 6.07) is 5.55. The van der Waals surface area contributed by atoms with Gasteiger partial charge in [0.1, 0.15) is 0 Å². The van der Waals surface area contributed by atoms with Crippen molar-refractivity contribution in [1.29, 1.82) is 0 Å². The van der Waals surface area contributed by atoms with Gasteiger partial charge in [0.05, 0.1) is 17.5 Å². The Hall–Kier alpha value is -2.30. The smallest absolute Gasteiger partial charge is 0.281 e. The lowest BCUT2D eigenvalue weighted by molar-refractivity contribution is 0.0693. The molecule has 0 unspecified atom stereocenters. The number of hydrogen-bond donors (Lipinski definition) is 0. The third-order valence-corrected chi connectivity index (χ3v) is 6.70. The molecule has 1 aliphatic rings. The predicted octanol–water partition coefficient (Wildman–Crippen LogP) is 0.955. The molecule has 0 saturated carbocycles. The number of piperazine rings is 1. The maximum absolute atomic E-state index is 13.1. The molecule has 152 valence electrons. The highest BCUT2D eigenvalue weighted by atomic mass is 32.2. The number of carbonyl (C=O) groups excluding carboxylic acids is 1. The molecule has 0 atom stereocenters. The van der Waals surface area contributed by atoms with Crippen LogP contribution in [0.15, 0.2) is 30.6 Å². The molecule has 3 rings (SSSR count). The molecule has 10 heteroatoms. The SMILES string of the molecule is CC(C)c1c(C(=O)N2CCN(S(=O)(=O)N(C)C)CC2)cnn1-c1ccccn1. The van der Waals surface area contributed by atoms with E-state index in [9.17, 15) is 13.2 Å². The molecule has 3 heterocycles. The van der Waals surface area contributed by atoms with Crippen LogP contribution in [-0.2, 0) is 10.2 Å². The summed E-state index contributed by atoms with van der Waals surface area (Å²) < 4.78 is 28.8. The second kappa shape index (κ2) is 7.98. The van der Waals surface area contributed by atoms with Gasteiger partial charge in [0.15, 0.2) is 5.82 Å². The Balaban J connectivity index is 1.82. The summed E-state index contributed by atoms with van der Waals surface area (Å²) in [6.07, 6.45) is 3.27. The number of rotatable bonds is 5. The molecule has 0 bridgehead atoms. The third kappa shape index (κ3) is 3.80. The first-order chi connectivity index (χ1) is 13.2. The molecule has 0 radical (unpaired) electrons. The summed E-state index contributed by atoms with van der Waals surface area (Å²) in [5.41, 5.74) is 1.33. The lowest BCUT2D eigenvalue weighted by Crippen LogP contribution is -2.53. The first kappa shape index (κ1) is 20.4. The molecule has 2 aromatic heterocycles. The Bertz CT molecular complexity index is 931. The van der Waals surface area contributed by atoms with Crippen LogP contribution in [0.25, 0.3) is 5.82 Å². The minimum Gasteiger partial charge on any atom is -0.336 e. The molecule has 0 aromatic carbocycles. The van der Waals surface area contributed by atoms with E-state index in [-0.39, 0.29) is 24.9 Å². The van der Waals surface area contributed by atoms with Gasteiger partial charge in [-0.25, -0.2) is 9.67 Å². The van der Waals surface area contributed by atoms with Crippen molar-refractivity contribution in [2.75, 3.05) is 40.3 Å². The van der Waals surface area contributed by atoms with E-state index < -0.39 is 10.2 Å². The van der Waals surface area contributed by atoms with Crippen LogP contribution in [0.5, 0.6) is 0 Å². The fraction of sp³-hybridized carbons (Fsp3) is 0.500. The second-order valence-corrected chi connectivity index (χ2v) is 9.32. The fourth-order valence-corrected chi connectivity index (χ4v) is 4.35. The minimum atomic E-state index is -3.46. The molecule has 2 aromatic rings. The summed E-state index contributed by atoms with van der Waals surface area (Å²) in [6.45, 7) is 5.26. The minimum absolute atomic E-state index is 0.0684. The standard InChI is InChI=1S/C18H26N6O3S/c1-14(2)17-15(13-20-24(17)16-7-5-6-8-19-16)18(25)22-9-11-23(12-10-22)28(26,27)21(3)4/h5-8,13-14H,9-12H2,1-4H3. The molecule has 0 spiro atoms. The quantitative estimate of drug-likeness (QED) is 0.737.